The first-order chi connectivity index (χ1) is 13.3. The molecule has 1 atom stereocenters. The van der Waals surface area contributed by atoms with E-state index in [9.17, 15) is 30.4 Å². The van der Waals surface area contributed by atoms with E-state index in [1.54, 1.807) is 6.92 Å². The maximum Gasteiger partial charge on any atom is 0.241 e. The summed E-state index contributed by atoms with van der Waals surface area (Å²) >= 11 is 0. The molecule has 2 rings (SSSR count). The lowest BCUT2D eigenvalue weighted by Crippen LogP contribution is -2.41. The second-order valence-corrected chi connectivity index (χ2v) is 10.4. The van der Waals surface area contributed by atoms with Gasteiger partial charge < -0.3 is 5.32 Å². The molecule has 0 aromatic heterocycles. The fraction of sp³-hybridized carbons (Fsp3) is 0.278. The number of nitrogens with one attached hydrogen (secondary N) is 1. The Hall–Kier alpha value is -2.53. The first-order valence-corrected chi connectivity index (χ1v) is 12.0. The highest BCUT2D eigenvalue weighted by molar-refractivity contribution is 7.92. The lowest BCUT2D eigenvalue weighted by Gasteiger charge is -2.23. The highest BCUT2D eigenvalue weighted by Crippen LogP contribution is 2.23. The molecule has 158 valence electrons. The molecule has 0 radical (unpaired) electrons. The second kappa shape index (κ2) is 8.46. The van der Waals surface area contributed by atoms with Crippen LogP contribution in [-0.4, -0.2) is 41.8 Å². The number of carbonyl (C=O) groups is 1. The number of hydrogen-bond acceptors (Lipinski definition) is 5. The van der Waals surface area contributed by atoms with Gasteiger partial charge in [-0.25, -0.2) is 25.6 Å². The Balaban J connectivity index is 2.18. The Morgan fingerprint density at radius 1 is 1.03 bits per heavy atom. The zero-order chi connectivity index (χ0) is 22.0. The van der Waals surface area contributed by atoms with Gasteiger partial charge >= 0.3 is 0 Å². The first-order valence-electron chi connectivity index (χ1n) is 8.31. The van der Waals surface area contributed by atoms with Crippen LogP contribution in [0.25, 0.3) is 0 Å². The minimum Gasteiger partial charge on any atom is -0.348 e. The number of hydrogen-bond donors (Lipinski definition) is 1. The average molecular weight is 446 g/mol. The maximum atomic E-state index is 14.0. The van der Waals surface area contributed by atoms with Crippen LogP contribution in [0.2, 0.25) is 0 Å². The number of sulfonamides is 1. The minimum atomic E-state index is -4.03. The van der Waals surface area contributed by atoms with Crippen LogP contribution in [0.5, 0.6) is 0 Å². The number of sulfone groups is 1. The predicted octanol–water partition coefficient (Wildman–Crippen LogP) is 2.01. The van der Waals surface area contributed by atoms with Gasteiger partial charge in [-0.3, -0.25) is 9.10 Å². The fourth-order valence-electron chi connectivity index (χ4n) is 2.57. The topological polar surface area (TPSA) is 101 Å². The number of anilines is 1. The number of benzene rings is 2. The molecule has 7 nitrogen and oxygen atoms in total. The molecule has 0 spiro atoms. The van der Waals surface area contributed by atoms with E-state index in [-0.39, 0.29) is 4.90 Å². The van der Waals surface area contributed by atoms with Crippen LogP contribution in [0.3, 0.4) is 0 Å². The summed E-state index contributed by atoms with van der Waals surface area (Å²) in [4.78, 5) is 12.5. The van der Waals surface area contributed by atoms with Crippen molar-refractivity contribution in [1.82, 2.24) is 5.32 Å². The Morgan fingerprint density at radius 2 is 1.62 bits per heavy atom. The van der Waals surface area contributed by atoms with Crippen LogP contribution in [-0.2, 0) is 24.7 Å². The van der Waals surface area contributed by atoms with Gasteiger partial charge in [-0.15, -0.1) is 0 Å². The smallest absolute Gasteiger partial charge is 0.241 e. The molecular weight excluding hydrogens is 426 g/mol. The summed E-state index contributed by atoms with van der Waals surface area (Å²) in [6, 6.07) is 7.61. The van der Waals surface area contributed by atoms with Crippen LogP contribution in [0.4, 0.5) is 14.5 Å². The van der Waals surface area contributed by atoms with Gasteiger partial charge in [-0.1, -0.05) is 12.1 Å². The molecule has 0 aliphatic carbocycles. The van der Waals surface area contributed by atoms with Gasteiger partial charge in [0.05, 0.1) is 22.9 Å². The molecule has 1 amide bonds. The van der Waals surface area contributed by atoms with Crippen molar-refractivity contribution in [2.24, 2.45) is 0 Å². The van der Waals surface area contributed by atoms with Crippen molar-refractivity contribution < 1.29 is 30.4 Å². The summed E-state index contributed by atoms with van der Waals surface area (Å²) in [5.41, 5.74) is 0.138. The van der Waals surface area contributed by atoms with Crippen molar-refractivity contribution >= 4 is 31.5 Å². The SMILES string of the molecule is CC(NC(=O)CN(c1ccc(F)cc1F)S(C)(=O)=O)c1ccc(S(C)(=O)=O)cc1. The van der Waals surface area contributed by atoms with Crippen molar-refractivity contribution in [3.63, 3.8) is 0 Å². The van der Waals surface area contributed by atoms with Crippen LogP contribution in [0, 0.1) is 11.6 Å². The molecule has 2 aromatic carbocycles. The fourth-order valence-corrected chi connectivity index (χ4v) is 4.06. The Labute approximate surface area is 168 Å². The van der Waals surface area contributed by atoms with Crippen LogP contribution in [0.15, 0.2) is 47.4 Å². The minimum absolute atomic E-state index is 0.120. The molecule has 0 saturated heterocycles. The van der Waals surface area contributed by atoms with Crippen LogP contribution < -0.4 is 9.62 Å². The largest absolute Gasteiger partial charge is 0.348 e. The lowest BCUT2D eigenvalue weighted by atomic mass is 10.1. The summed E-state index contributed by atoms with van der Waals surface area (Å²) in [6.45, 7) is 0.907. The van der Waals surface area contributed by atoms with Crippen molar-refractivity contribution in [2.75, 3.05) is 23.4 Å². The third-order valence-corrected chi connectivity index (χ3v) is 6.31. The molecule has 0 heterocycles. The molecule has 0 fully saturated rings. The molecule has 0 aliphatic rings. The molecular formula is C18H20F2N2O5S2. The van der Waals surface area contributed by atoms with E-state index in [2.05, 4.69) is 5.32 Å². The normalized spacial score (nSPS) is 13.0. The van der Waals surface area contributed by atoms with Gasteiger partial charge in [0, 0.05) is 12.3 Å². The molecule has 2 aromatic rings. The molecule has 0 aliphatic heterocycles. The first kappa shape index (κ1) is 22.8. The second-order valence-electron chi connectivity index (χ2n) is 6.50. The Kier molecular flexibility index (Phi) is 6.63. The molecule has 0 saturated carbocycles. The van der Waals surface area contributed by atoms with E-state index in [1.807, 2.05) is 0 Å². The third-order valence-electron chi connectivity index (χ3n) is 4.05. The summed E-state index contributed by atoms with van der Waals surface area (Å²) in [6.07, 6.45) is 1.87. The Morgan fingerprint density at radius 3 is 2.10 bits per heavy atom. The lowest BCUT2D eigenvalue weighted by molar-refractivity contribution is -0.120. The monoisotopic (exact) mass is 446 g/mol. The molecule has 1 unspecified atom stereocenters. The van der Waals surface area contributed by atoms with Crippen molar-refractivity contribution in [3.8, 4) is 0 Å². The van der Waals surface area contributed by atoms with Crippen LogP contribution >= 0.6 is 0 Å². The zero-order valence-corrected chi connectivity index (χ0v) is 17.5. The predicted molar refractivity (Wildman–Crippen MR) is 105 cm³/mol. The van der Waals surface area contributed by atoms with Crippen LogP contribution in [0.1, 0.15) is 18.5 Å². The molecule has 11 heteroatoms. The van der Waals surface area contributed by atoms with Gasteiger partial charge in [0.15, 0.2) is 9.84 Å². The number of carbonyl (C=O) groups excluding carboxylic acids is 1. The zero-order valence-electron chi connectivity index (χ0n) is 15.9. The number of halogens is 2. The third kappa shape index (κ3) is 5.97. The van der Waals surface area contributed by atoms with E-state index in [0.29, 0.717) is 15.9 Å². The Bertz CT molecular complexity index is 1120. The standard InChI is InChI=1S/C18H20F2N2O5S2/c1-12(13-4-7-15(8-5-13)28(2,24)25)21-18(23)11-22(29(3,26)27)17-9-6-14(19)10-16(17)20/h4-10,12H,11H2,1-3H3,(H,21,23). The van der Waals surface area contributed by atoms with Crippen molar-refractivity contribution in [1.29, 1.82) is 0 Å². The van der Waals surface area contributed by atoms with Gasteiger partial charge in [0.25, 0.3) is 0 Å². The van der Waals surface area contributed by atoms with E-state index in [0.717, 1.165) is 24.6 Å². The highest BCUT2D eigenvalue weighted by Gasteiger charge is 2.24. The van der Waals surface area contributed by atoms with Gasteiger partial charge in [-0.2, -0.15) is 0 Å². The van der Waals surface area contributed by atoms with E-state index in [1.165, 1.54) is 24.3 Å². The number of amides is 1. The number of nitrogens with zero attached hydrogens (tertiary/aromatic N) is 1. The van der Waals surface area contributed by atoms with Crippen molar-refractivity contribution in [3.05, 3.63) is 59.7 Å². The van der Waals surface area contributed by atoms with E-state index >= 15 is 0 Å². The summed E-state index contributed by atoms with van der Waals surface area (Å²) in [5, 5.41) is 2.57. The van der Waals surface area contributed by atoms with Gasteiger partial charge in [0.1, 0.15) is 18.2 Å². The highest BCUT2D eigenvalue weighted by atomic mass is 32.2. The average Bonchev–Trinajstić information content (AvgIpc) is 2.58. The molecule has 0 bridgehead atoms. The molecule has 29 heavy (non-hydrogen) atoms. The summed E-state index contributed by atoms with van der Waals surface area (Å²) in [7, 11) is -7.39. The maximum absolute atomic E-state index is 14.0. The summed E-state index contributed by atoms with van der Waals surface area (Å²) < 4.78 is 74.7. The molecule has 1 N–H and O–H groups in total. The quantitative estimate of drug-likeness (QED) is 0.701. The van der Waals surface area contributed by atoms with Gasteiger partial charge in [-0.05, 0) is 36.8 Å². The summed E-state index contributed by atoms with van der Waals surface area (Å²) in [5.74, 6) is -2.72. The van der Waals surface area contributed by atoms with E-state index in [4.69, 9.17) is 0 Å². The van der Waals surface area contributed by atoms with Gasteiger partial charge in [0.2, 0.25) is 15.9 Å². The van der Waals surface area contributed by atoms with E-state index < -0.39 is 55.7 Å². The van der Waals surface area contributed by atoms with Crippen molar-refractivity contribution in [2.45, 2.75) is 17.9 Å². The number of rotatable bonds is 7.